The fraction of sp³-hybridized carbons (Fsp3) is 0.0556. The Bertz CT molecular complexity index is 876. The maximum absolute atomic E-state index is 12.6. The van der Waals surface area contributed by atoms with Crippen LogP contribution < -0.4 is 10.6 Å². The fourth-order valence-electron chi connectivity index (χ4n) is 2.75. The van der Waals surface area contributed by atoms with Crippen LogP contribution in [0.15, 0.2) is 60.0 Å². The van der Waals surface area contributed by atoms with Crippen LogP contribution >= 0.6 is 22.9 Å². The second kappa shape index (κ2) is 5.72. The number of hydrogen-bond donors (Lipinski definition) is 2. The Kier molecular flexibility index (Phi) is 3.56. The minimum atomic E-state index is -0.314. The predicted molar refractivity (Wildman–Crippen MR) is 95.0 cm³/mol. The number of benzene rings is 2. The summed E-state index contributed by atoms with van der Waals surface area (Å²) in [6.07, 6.45) is -0.314. The number of anilines is 1. The van der Waals surface area contributed by atoms with Gasteiger partial charge in [-0.05, 0) is 11.6 Å². The topological polar surface area (TPSA) is 41.1 Å². The van der Waals surface area contributed by atoms with Crippen molar-refractivity contribution in [3.63, 3.8) is 0 Å². The molecule has 2 N–H and O–H groups in total. The SMILES string of the molecule is O=C1NC(c2ccccc2Cl)Nc2scc(-c3ccccc3)c21. The molecule has 0 saturated carbocycles. The van der Waals surface area contributed by atoms with Crippen molar-refractivity contribution in [2.24, 2.45) is 0 Å². The van der Waals surface area contributed by atoms with Gasteiger partial charge in [-0.2, -0.15) is 0 Å². The average Bonchev–Trinajstić information content (AvgIpc) is 3.00. The first-order chi connectivity index (χ1) is 11.2. The van der Waals surface area contributed by atoms with E-state index in [4.69, 9.17) is 11.6 Å². The fourth-order valence-corrected chi connectivity index (χ4v) is 4.00. The van der Waals surface area contributed by atoms with Gasteiger partial charge in [0.1, 0.15) is 11.2 Å². The molecular weight excluding hydrogens is 328 g/mol. The third-order valence-electron chi connectivity index (χ3n) is 3.87. The van der Waals surface area contributed by atoms with Crippen molar-refractivity contribution in [2.45, 2.75) is 6.17 Å². The molecule has 1 aromatic heterocycles. The van der Waals surface area contributed by atoms with Crippen LogP contribution in [-0.2, 0) is 0 Å². The smallest absolute Gasteiger partial charge is 0.256 e. The molecule has 0 bridgehead atoms. The molecule has 1 unspecified atom stereocenters. The number of halogens is 1. The summed E-state index contributed by atoms with van der Waals surface area (Å²) >= 11 is 7.79. The molecule has 114 valence electrons. The molecule has 23 heavy (non-hydrogen) atoms. The van der Waals surface area contributed by atoms with Crippen molar-refractivity contribution >= 4 is 33.8 Å². The number of hydrogen-bond acceptors (Lipinski definition) is 3. The van der Waals surface area contributed by atoms with E-state index in [1.165, 1.54) is 11.3 Å². The quantitative estimate of drug-likeness (QED) is 0.695. The Morgan fingerprint density at radius 2 is 1.70 bits per heavy atom. The van der Waals surface area contributed by atoms with E-state index >= 15 is 0 Å². The van der Waals surface area contributed by atoms with Gasteiger partial charge < -0.3 is 10.6 Å². The van der Waals surface area contributed by atoms with Crippen molar-refractivity contribution in [3.05, 3.63) is 76.1 Å². The van der Waals surface area contributed by atoms with Gasteiger partial charge in [-0.15, -0.1) is 11.3 Å². The molecule has 1 aliphatic heterocycles. The molecule has 1 atom stereocenters. The minimum absolute atomic E-state index is 0.0798. The minimum Gasteiger partial charge on any atom is -0.353 e. The molecule has 1 aliphatic rings. The van der Waals surface area contributed by atoms with E-state index in [2.05, 4.69) is 10.6 Å². The average molecular weight is 341 g/mol. The van der Waals surface area contributed by atoms with Crippen molar-refractivity contribution in [3.8, 4) is 11.1 Å². The highest BCUT2D eigenvalue weighted by atomic mass is 35.5. The summed E-state index contributed by atoms with van der Waals surface area (Å²) in [5.41, 5.74) is 3.55. The summed E-state index contributed by atoms with van der Waals surface area (Å²) < 4.78 is 0. The van der Waals surface area contributed by atoms with E-state index in [0.717, 1.165) is 21.7 Å². The highest BCUT2D eigenvalue weighted by Crippen LogP contribution is 2.40. The monoisotopic (exact) mass is 340 g/mol. The van der Waals surface area contributed by atoms with Crippen LogP contribution in [0.4, 0.5) is 5.00 Å². The van der Waals surface area contributed by atoms with E-state index in [1.54, 1.807) is 0 Å². The van der Waals surface area contributed by atoms with Crippen LogP contribution in [-0.4, -0.2) is 5.91 Å². The molecule has 0 saturated heterocycles. The third kappa shape index (κ3) is 2.50. The summed E-state index contributed by atoms with van der Waals surface area (Å²) in [5.74, 6) is -0.0798. The molecule has 0 aliphatic carbocycles. The van der Waals surface area contributed by atoms with Gasteiger partial charge in [-0.1, -0.05) is 60.1 Å². The van der Waals surface area contributed by atoms with Crippen LogP contribution in [0.5, 0.6) is 0 Å². The molecule has 0 spiro atoms. The van der Waals surface area contributed by atoms with Crippen molar-refractivity contribution in [1.29, 1.82) is 0 Å². The summed E-state index contributed by atoms with van der Waals surface area (Å²) in [5, 5.41) is 9.90. The van der Waals surface area contributed by atoms with E-state index in [9.17, 15) is 4.79 Å². The summed E-state index contributed by atoms with van der Waals surface area (Å²) in [4.78, 5) is 12.6. The largest absolute Gasteiger partial charge is 0.353 e. The lowest BCUT2D eigenvalue weighted by Crippen LogP contribution is -2.38. The van der Waals surface area contributed by atoms with Crippen LogP contribution in [0.2, 0.25) is 5.02 Å². The highest BCUT2D eigenvalue weighted by Gasteiger charge is 2.29. The normalized spacial score (nSPS) is 16.4. The van der Waals surface area contributed by atoms with E-state index in [-0.39, 0.29) is 12.1 Å². The molecule has 5 heteroatoms. The van der Waals surface area contributed by atoms with Gasteiger partial charge in [0.2, 0.25) is 0 Å². The number of fused-ring (bicyclic) bond motifs is 1. The lowest BCUT2D eigenvalue weighted by molar-refractivity contribution is 0.0937. The van der Waals surface area contributed by atoms with E-state index < -0.39 is 0 Å². The Morgan fingerprint density at radius 3 is 2.48 bits per heavy atom. The lowest BCUT2D eigenvalue weighted by Gasteiger charge is -2.27. The number of amides is 1. The Balaban J connectivity index is 1.74. The summed E-state index contributed by atoms with van der Waals surface area (Å²) in [6.45, 7) is 0. The molecule has 0 radical (unpaired) electrons. The number of carbonyl (C=O) groups is 1. The maximum Gasteiger partial charge on any atom is 0.256 e. The Hall–Kier alpha value is -2.30. The Labute approximate surface area is 142 Å². The van der Waals surface area contributed by atoms with Gasteiger partial charge in [0.25, 0.3) is 5.91 Å². The zero-order valence-corrected chi connectivity index (χ0v) is 13.6. The van der Waals surface area contributed by atoms with Gasteiger partial charge in [-0.3, -0.25) is 4.79 Å². The van der Waals surface area contributed by atoms with E-state index in [0.29, 0.717) is 10.6 Å². The van der Waals surface area contributed by atoms with Crippen molar-refractivity contribution < 1.29 is 4.79 Å². The first-order valence-corrected chi connectivity index (χ1v) is 8.48. The summed E-state index contributed by atoms with van der Waals surface area (Å²) in [6, 6.07) is 17.5. The Morgan fingerprint density at radius 1 is 0.957 bits per heavy atom. The second-order valence-electron chi connectivity index (χ2n) is 5.29. The molecule has 3 nitrogen and oxygen atoms in total. The number of thiophene rings is 1. The zero-order valence-electron chi connectivity index (χ0n) is 12.0. The molecule has 0 fully saturated rings. The molecule has 4 rings (SSSR count). The second-order valence-corrected chi connectivity index (χ2v) is 6.58. The van der Waals surface area contributed by atoms with Gasteiger partial charge >= 0.3 is 0 Å². The molecule has 2 heterocycles. The van der Waals surface area contributed by atoms with Crippen LogP contribution in [0.3, 0.4) is 0 Å². The van der Waals surface area contributed by atoms with Crippen LogP contribution in [0, 0.1) is 0 Å². The summed E-state index contributed by atoms with van der Waals surface area (Å²) in [7, 11) is 0. The van der Waals surface area contributed by atoms with Gasteiger partial charge in [0.15, 0.2) is 0 Å². The lowest BCUT2D eigenvalue weighted by atomic mass is 10.0. The number of rotatable bonds is 2. The van der Waals surface area contributed by atoms with Crippen LogP contribution in [0.25, 0.3) is 11.1 Å². The zero-order chi connectivity index (χ0) is 15.8. The molecule has 3 aromatic rings. The molecule has 1 amide bonds. The molecule has 2 aromatic carbocycles. The van der Waals surface area contributed by atoms with Crippen LogP contribution in [0.1, 0.15) is 22.1 Å². The van der Waals surface area contributed by atoms with E-state index in [1.807, 2.05) is 60.0 Å². The first kappa shape index (κ1) is 14.3. The number of nitrogens with one attached hydrogen (secondary N) is 2. The highest BCUT2D eigenvalue weighted by molar-refractivity contribution is 7.15. The number of carbonyl (C=O) groups excluding carboxylic acids is 1. The third-order valence-corrected chi connectivity index (χ3v) is 5.13. The van der Waals surface area contributed by atoms with Gasteiger partial charge in [0.05, 0.1) is 5.56 Å². The van der Waals surface area contributed by atoms with Gasteiger partial charge in [0, 0.05) is 21.5 Å². The van der Waals surface area contributed by atoms with Crippen molar-refractivity contribution in [2.75, 3.05) is 5.32 Å². The first-order valence-electron chi connectivity index (χ1n) is 7.23. The standard InChI is InChI=1S/C18H13ClN2OS/c19-14-9-5-4-8-12(14)16-20-17(22)15-13(10-23-18(15)21-16)11-6-2-1-3-7-11/h1-10,16,21H,(H,20,22). The predicted octanol–water partition coefficient (Wildman–Crippen LogP) is 4.92. The van der Waals surface area contributed by atoms with Crippen molar-refractivity contribution in [1.82, 2.24) is 5.32 Å². The molecular formula is C18H13ClN2OS. The van der Waals surface area contributed by atoms with Gasteiger partial charge in [-0.25, -0.2) is 0 Å². The maximum atomic E-state index is 12.6.